The normalized spacial score (nSPS) is 20.6. The van der Waals surface area contributed by atoms with E-state index in [0.717, 1.165) is 11.5 Å². The zero-order chi connectivity index (χ0) is 9.97. The van der Waals surface area contributed by atoms with Crippen LogP contribution < -0.4 is 15.2 Å². The van der Waals surface area contributed by atoms with Crippen LogP contribution in [0.15, 0.2) is 29.3 Å². The molecule has 0 aliphatic carbocycles. The predicted molar refractivity (Wildman–Crippen MR) is 53.9 cm³/mol. The zero-order valence-electron chi connectivity index (χ0n) is 7.93. The van der Waals surface area contributed by atoms with Gasteiger partial charge in [0.2, 0.25) is 0 Å². The number of nitrogens with zero attached hydrogens (tertiary/aromatic N) is 1. The molecule has 0 bridgehead atoms. The van der Waals surface area contributed by atoms with E-state index in [0.29, 0.717) is 12.4 Å². The molecule has 1 aliphatic rings. The number of benzene rings is 1. The van der Waals surface area contributed by atoms with Crippen LogP contribution in [0.25, 0.3) is 0 Å². The van der Waals surface area contributed by atoms with E-state index >= 15 is 0 Å². The Morgan fingerprint density at radius 2 is 2.14 bits per heavy atom. The first-order chi connectivity index (χ1) is 6.81. The maximum atomic E-state index is 5.65. The Hall–Kier alpha value is -1.71. The van der Waals surface area contributed by atoms with Crippen molar-refractivity contribution in [3.63, 3.8) is 0 Å². The molecule has 1 aliphatic heterocycles. The summed E-state index contributed by atoms with van der Waals surface area (Å²) in [5.74, 6) is 1.93. The number of fused-ring (bicyclic) bond motifs is 1. The minimum Gasteiger partial charge on any atom is -0.485 e. The molecule has 0 fully saturated rings. The lowest BCUT2D eigenvalue weighted by molar-refractivity contribution is 0.134. The van der Waals surface area contributed by atoms with Gasteiger partial charge in [-0.1, -0.05) is 12.1 Å². The highest BCUT2D eigenvalue weighted by Crippen LogP contribution is 2.30. The molecule has 2 rings (SSSR count). The fourth-order valence-corrected chi connectivity index (χ4v) is 1.31. The standard InChI is InChI=1S/C10H12N2O2/c1-12-10(11)9-6-13-7-4-2-3-5-8(7)14-9/h2-5,9H,6H2,1H3,(H2,11,12). The highest BCUT2D eigenvalue weighted by atomic mass is 16.6. The number of amidine groups is 1. The number of nitrogens with two attached hydrogens (primary N) is 1. The first kappa shape index (κ1) is 8.87. The number of ether oxygens (including phenoxy) is 2. The van der Waals surface area contributed by atoms with Crippen molar-refractivity contribution >= 4 is 5.84 Å². The lowest BCUT2D eigenvalue weighted by Gasteiger charge is -2.25. The van der Waals surface area contributed by atoms with Crippen LogP contribution in [0.4, 0.5) is 0 Å². The van der Waals surface area contributed by atoms with Crippen LogP contribution in [0, 0.1) is 0 Å². The highest BCUT2D eigenvalue weighted by Gasteiger charge is 2.22. The van der Waals surface area contributed by atoms with Crippen LogP contribution in [0.3, 0.4) is 0 Å². The highest BCUT2D eigenvalue weighted by molar-refractivity contribution is 5.85. The summed E-state index contributed by atoms with van der Waals surface area (Å²) >= 11 is 0. The van der Waals surface area contributed by atoms with E-state index in [4.69, 9.17) is 15.2 Å². The average molecular weight is 192 g/mol. The average Bonchev–Trinajstić information content (AvgIpc) is 2.27. The summed E-state index contributed by atoms with van der Waals surface area (Å²) in [5, 5.41) is 0. The topological polar surface area (TPSA) is 56.8 Å². The van der Waals surface area contributed by atoms with Crippen LogP contribution in [0.1, 0.15) is 0 Å². The molecule has 0 saturated carbocycles. The van der Waals surface area contributed by atoms with E-state index in [1.54, 1.807) is 7.05 Å². The Bertz CT molecular complexity index is 363. The fraction of sp³-hybridized carbons (Fsp3) is 0.300. The van der Waals surface area contributed by atoms with Crippen molar-refractivity contribution in [2.75, 3.05) is 13.7 Å². The predicted octanol–water partition coefficient (Wildman–Crippen LogP) is 0.813. The molecule has 0 saturated heterocycles. The summed E-state index contributed by atoms with van der Waals surface area (Å²) in [4.78, 5) is 3.87. The smallest absolute Gasteiger partial charge is 0.189 e. The van der Waals surface area contributed by atoms with Crippen molar-refractivity contribution in [3.05, 3.63) is 24.3 Å². The van der Waals surface area contributed by atoms with Gasteiger partial charge in [-0.25, -0.2) is 0 Å². The lowest BCUT2D eigenvalue weighted by atomic mass is 10.2. The van der Waals surface area contributed by atoms with Crippen LogP contribution in [-0.2, 0) is 0 Å². The van der Waals surface area contributed by atoms with Crippen molar-refractivity contribution in [1.82, 2.24) is 0 Å². The maximum Gasteiger partial charge on any atom is 0.189 e. The van der Waals surface area contributed by atoms with Crippen LogP contribution >= 0.6 is 0 Å². The summed E-state index contributed by atoms with van der Waals surface area (Å²) in [7, 11) is 1.64. The van der Waals surface area contributed by atoms with Crippen LogP contribution in [0.2, 0.25) is 0 Å². The monoisotopic (exact) mass is 192 g/mol. The maximum absolute atomic E-state index is 5.65. The Morgan fingerprint density at radius 3 is 2.86 bits per heavy atom. The van der Waals surface area contributed by atoms with Gasteiger partial charge >= 0.3 is 0 Å². The first-order valence-corrected chi connectivity index (χ1v) is 4.42. The van der Waals surface area contributed by atoms with Gasteiger partial charge < -0.3 is 15.2 Å². The van der Waals surface area contributed by atoms with Gasteiger partial charge in [0.25, 0.3) is 0 Å². The SMILES string of the molecule is CN=C(N)C1COc2ccccc2O1. The number of rotatable bonds is 1. The Labute approximate surface area is 82.3 Å². The molecular weight excluding hydrogens is 180 g/mol. The molecule has 1 aromatic rings. The molecule has 2 N–H and O–H groups in total. The van der Waals surface area contributed by atoms with E-state index in [2.05, 4.69) is 4.99 Å². The quantitative estimate of drug-likeness (QED) is 0.529. The van der Waals surface area contributed by atoms with Crippen molar-refractivity contribution < 1.29 is 9.47 Å². The van der Waals surface area contributed by atoms with Gasteiger partial charge in [0.15, 0.2) is 17.6 Å². The third-order valence-corrected chi connectivity index (χ3v) is 2.10. The van der Waals surface area contributed by atoms with E-state index in [-0.39, 0.29) is 6.10 Å². The minimum absolute atomic E-state index is 0.269. The molecule has 1 aromatic carbocycles. The van der Waals surface area contributed by atoms with E-state index in [9.17, 15) is 0 Å². The summed E-state index contributed by atoms with van der Waals surface area (Å²) in [5.41, 5.74) is 5.65. The van der Waals surface area contributed by atoms with Gasteiger partial charge in [-0.2, -0.15) is 0 Å². The van der Waals surface area contributed by atoms with Gasteiger partial charge in [-0.15, -0.1) is 0 Å². The second kappa shape index (κ2) is 3.57. The first-order valence-electron chi connectivity index (χ1n) is 4.42. The number of para-hydroxylation sites is 2. The van der Waals surface area contributed by atoms with Gasteiger partial charge in [0.1, 0.15) is 12.4 Å². The molecule has 1 atom stereocenters. The molecule has 4 nitrogen and oxygen atoms in total. The van der Waals surface area contributed by atoms with Crippen molar-refractivity contribution in [2.24, 2.45) is 10.7 Å². The van der Waals surface area contributed by atoms with E-state index in [1.165, 1.54) is 0 Å². The fourth-order valence-electron chi connectivity index (χ4n) is 1.31. The molecule has 0 amide bonds. The largest absolute Gasteiger partial charge is 0.485 e. The molecular formula is C10H12N2O2. The second-order valence-electron chi connectivity index (χ2n) is 3.01. The second-order valence-corrected chi connectivity index (χ2v) is 3.01. The van der Waals surface area contributed by atoms with Gasteiger partial charge in [0.05, 0.1) is 0 Å². The van der Waals surface area contributed by atoms with Crippen LogP contribution in [-0.4, -0.2) is 25.6 Å². The van der Waals surface area contributed by atoms with Crippen molar-refractivity contribution in [3.8, 4) is 11.5 Å². The Morgan fingerprint density at radius 1 is 1.43 bits per heavy atom. The lowest BCUT2D eigenvalue weighted by Crippen LogP contribution is -2.41. The Balaban J connectivity index is 2.21. The van der Waals surface area contributed by atoms with Crippen LogP contribution in [0.5, 0.6) is 11.5 Å². The summed E-state index contributed by atoms with van der Waals surface area (Å²) in [6.45, 7) is 0.417. The molecule has 0 spiro atoms. The molecule has 0 radical (unpaired) electrons. The van der Waals surface area contributed by atoms with E-state index in [1.807, 2.05) is 24.3 Å². The van der Waals surface area contributed by atoms with Gasteiger partial charge in [0, 0.05) is 7.05 Å². The molecule has 1 heterocycles. The third kappa shape index (κ3) is 1.51. The zero-order valence-corrected chi connectivity index (χ0v) is 7.93. The van der Waals surface area contributed by atoms with Crippen molar-refractivity contribution in [2.45, 2.75) is 6.10 Å². The molecule has 0 aromatic heterocycles. The van der Waals surface area contributed by atoms with Gasteiger partial charge in [-0.3, -0.25) is 4.99 Å². The molecule has 74 valence electrons. The third-order valence-electron chi connectivity index (χ3n) is 2.10. The molecule has 14 heavy (non-hydrogen) atoms. The molecule has 1 unspecified atom stereocenters. The Kier molecular flexibility index (Phi) is 2.26. The van der Waals surface area contributed by atoms with Crippen molar-refractivity contribution in [1.29, 1.82) is 0 Å². The number of hydrogen-bond acceptors (Lipinski definition) is 3. The minimum atomic E-state index is -0.269. The summed E-state index contributed by atoms with van der Waals surface area (Å²) < 4.78 is 11.1. The summed E-state index contributed by atoms with van der Waals surface area (Å²) in [6, 6.07) is 7.51. The summed E-state index contributed by atoms with van der Waals surface area (Å²) in [6.07, 6.45) is -0.269. The number of aliphatic imine (C=N–C) groups is 1. The van der Waals surface area contributed by atoms with E-state index < -0.39 is 0 Å². The number of hydrogen-bond donors (Lipinski definition) is 1. The van der Waals surface area contributed by atoms with Gasteiger partial charge in [-0.05, 0) is 12.1 Å². The molecule has 4 heteroatoms.